The molecule has 0 aliphatic rings. The largest absolute Gasteiger partial charge is 0.352 e. The van der Waals surface area contributed by atoms with E-state index in [9.17, 15) is 9.18 Å². The van der Waals surface area contributed by atoms with Gasteiger partial charge < -0.3 is 4.98 Å². The molecule has 2 aromatic carbocycles. The second-order valence-corrected chi connectivity index (χ2v) is 4.06. The molecule has 0 bridgehead atoms. The number of hydrogen-bond acceptors (Lipinski definition) is 1. The number of carbonyl (C=O) groups excluding carboxylic acids is 1. The maximum Gasteiger partial charge on any atom is 0.152 e. The van der Waals surface area contributed by atoms with Gasteiger partial charge in [-0.3, -0.25) is 4.79 Å². The third-order valence-corrected chi connectivity index (χ3v) is 3.00. The van der Waals surface area contributed by atoms with Crippen molar-refractivity contribution in [2.24, 2.45) is 0 Å². The van der Waals surface area contributed by atoms with Crippen molar-refractivity contribution in [3.05, 3.63) is 59.9 Å². The Morgan fingerprint density at radius 1 is 1.00 bits per heavy atom. The molecular weight excluding hydrogens is 229 g/mol. The van der Waals surface area contributed by atoms with Crippen LogP contribution in [0.25, 0.3) is 22.2 Å². The fraction of sp³-hybridized carbons (Fsp3) is 0. The number of H-pyrrole nitrogens is 1. The minimum Gasteiger partial charge on any atom is -0.352 e. The summed E-state index contributed by atoms with van der Waals surface area (Å²) in [7, 11) is 0. The van der Waals surface area contributed by atoms with Gasteiger partial charge in [0, 0.05) is 10.9 Å². The van der Waals surface area contributed by atoms with Crippen molar-refractivity contribution in [2.75, 3.05) is 0 Å². The van der Waals surface area contributed by atoms with E-state index in [4.69, 9.17) is 0 Å². The van der Waals surface area contributed by atoms with Gasteiger partial charge in [-0.15, -0.1) is 0 Å². The van der Waals surface area contributed by atoms with E-state index < -0.39 is 0 Å². The highest BCUT2D eigenvalue weighted by atomic mass is 19.1. The second-order valence-electron chi connectivity index (χ2n) is 4.06. The number of halogens is 1. The summed E-state index contributed by atoms with van der Waals surface area (Å²) in [6.45, 7) is 0. The third kappa shape index (κ3) is 1.52. The number of carbonyl (C=O) groups is 1. The Labute approximate surface area is 103 Å². The number of aromatic amines is 1. The SMILES string of the molecule is O=Cc1c(-c2ccccc2)[nH]c2c(F)cccc12. The molecule has 1 aromatic heterocycles. The molecule has 3 aromatic rings. The van der Waals surface area contributed by atoms with Crippen molar-refractivity contribution in [2.45, 2.75) is 0 Å². The fourth-order valence-corrected chi connectivity index (χ4v) is 2.16. The average Bonchev–Trinajstić information content (AvgIpc) is 2.80. The van der Waals surface area contributed by atoms with Crippen LogP contribution in [0.15, 0.2) is 48.5 Å². The van der Waals surface area contributed by atoms with Crippen LogP contribution in [0, 0.1) is 5.82 Å². The van der Waals surface area contributed by atoms with Gasteiger partial charge in [0.25, 0.3) is 0 Å². The highest BCUT2D eigenvalue weighted by molar-refractivity contribution is 6.04. The smallest absolute Gasteiger partial charge is 0.152 e. The zero-order valence-electron chi connectivity index (χ0n) is 9.48. The lowest BCUT2D eigenvalue weighted by Crippen LogP contribution is -1.83. The molecule has 0 spiro atoms. The van der Waals surface area contributed by atoms with Crippen molar-refractivity contribution in [1.82, 2.24) is 4.98 Å². The number of nitrogens with one attached hydrogen (secondary N) is 1. The van der Waals surface area contributed by atoms with Gasteiger partial charge in [-0.1, -0.05) is 42.5 Å². The number of hydrogen-bond donors (Lipinski definition) is 1. The molecule has 0 saturated carbocycles. The van der Waals surface area contributed by atoms with Crippen LogP contribution in [-0.4, -0.2) is 11.3 Å². The highest BCUT2D eigenvalue weighted by Crippen LogP contribution is 2.30. The van der Waals surface area contributed by atoms with Gasteiger partial charge in [-0.2, -0.15) is 0 Å². The lowest BCUT2D eigenvalue weighted by molar-refractivity contribution is 0.112. The maximum absolute atomic E-state index is 13.7. The van der Waals surface area contributed by atoms with E-state index in [2.05, 4.69) is 4.98 Å². The van der Waals surface area contributed by atoms with Gasteiger partial charge >= 0.3 is 0 Å². The van der Waals surface area contributed by atoms with Crippen LogP contribution in [0.1, 0.15) is 10.4 Å². The molecule has 0 atom stereocenters. The van der Waals surface area contributed by atoms with Crippen LogP contribution in [0.2, 0.25) is 0 Å². The Morgan fingerprint density at radius 2 is 1.78 bits per heavy atom. The Balaban J connectivity index is 2.37. The normalized spacial score (nSPS) is 10.7. The molecule has 3 heteroatoms. The Bertz CT molecular complexity index is 716. The lowest BCUT2D eigenvalue weighted by Gasteiger charge is -1.98. The molecule has 0 saturated heterocycles. The van der Waals surface area contributed by atoms with Crippen LogP contribution in [0.4, 0.5) is 4.39 Å². The number of benzene rings is 2. The van der Waals surface area contributed by atoms with Crippen molar-refractivity contribution < 1.29 is 9.18 Å². The molecule has 1 N–H and O–H groups in total. The number of rotatable bonds is 2. The number of fused-ring (bicyclic) bond motifs is 1. The quantitative estimate of drug-likeness (QED) is 0.678. The van der Waals surface area contributed by atoms with E-state index in [-0.39, 0.29) is 5.82 Å². The lowest BCUT2D eigenvalue weighted by atomic mass is 10.1. The summed E-state index contributed by atoms with van der Waals surface area (Å²) >= 11 is 0. The van der Waals surface area contributed by atoms with E-state index in [1.807, 2.05) is 30.3 Å². The molecule has 0 unspecified atom stereocenters. The van der Waals surface area contributed by atoms with Crippen molar-refractivity contribution in [3.63, 3.8) is 0 Å². The molecule has 0 amide bonds. The summed E-state index contributed by atoms with van der Waals surface area (Å²) in [4.78, 5) is 14.2. The first-order valence-corrected chi connectivity index (χ1v) is 5.62. The third-order valence-electron chi connectivity index (χ3n) is 3.00. The Kier molecular flexibility index (Phi) is 2.45. The first-order chi connectivity index (χ1) is 8.81. The summed E-state index contributed by atoms with van der Waals surface area (Å²) in [5, 5.41) is 0.615. The van der Waals surface area contributed by atoms with Gasteiger partial charge in [0.1, 0.15) is 5.82 Å². The topological polar surface area (TPSA) is 32.9 Å². The zero-order valence-corrected chi connectivity index (χ0v) is 9.48. The summed E-state index contributed by atoms with van der Waals surface area (Å²) in [6.07, 6.45) is 0.764. The summed E-state index contributed by atoms with van der Waals surface area (Å²) in [5.74, 6) is -0.349. The van der Waals surface area contributed by atoms with Gasteiger partial charge in [-0.05, 0) is 11.6 Å². The van der Waals surface area contributed by atoms with Crippen molar-refractivity contribution >= 4 is 17.2 Å². The molecule has 0 fully saturated rings. The van der Waals surface area contributed by atoms with E-state index in [0.717, 1.165) is 11.8 Å². The predicted molar refractivity (Wildman–Crippen MR) is 69.1 cm³/mol. The van der Waals surface area contributed by atoms with Crippen molar-refractivity contribution in [3.8, 4) is 11.3 Å². The van der Waals surface area contributed by atoms with Crippen LogP contribution in [0.5, 0.6) is 0 Å². The Morgan fingerprint density at radius 3 is 2.50 bits per heavy atom. The van der Waals surface area contributed by atoms with Crippen LogP contribution in [0.3, 0.4) is 0 Å². The van der Waals surface area contributed by atoms with E-state index >= 15 is 0 Å². The first-order valence-electron chi connectivity index (χ1n) is 5.62. The second kappa shape index (κ2) is 4.11. The van der Waals surface area contributed by atoms with Crippen LogP contribution in [-0.2, 0) is 0 Å². The average molecular weight is 239 g/mol. The summed E-state index contributed by atoms with van der Waals surface area (Å²) < 4.78 is 13.7. The van der Waals surface area contributed by atoms with E-state index in [1.54, 1.807) is 12.1 Å². The molecule has 3 rings (SSSR count). The van der Waals surface area contributed by atoms with Crippen LogP contribution < -0.4 is 0 Å². The molecule has 0 aliphatic carbocycles. The maximum atomic E-state index is 13.7. The fourth-order valence-electron chi connectivity index (χ4n) is 2.16. The molecule has 0 radical (unpaired) electrons. The van der Waals surface area contributed by atoms with Gasteiger partial charge in [0.05, 0.1) is 11.2 Å². The molecule has 2 nitrogen and oxygen atoms in total. The van der Waals surface area contributed by atoms with Gasteiger partial charge in [-0.25, -0.2) is 4.39 Å². The molecule has 0 aliphatic heterocycles. The molecular formula is C15H10FNO. The van der Waals surface area contributed by atoms with Gasteiger partial charge in [0.2, 0.25) is 0 Å². The minimum absolute atomic E-state index is 0.349. The summed E-state index contributed by atoms with van der Waals surface area (Å²) in [5.41, 5.74) is 2.40. The zero-order chi connectivity index (χ0) is 12.5. The molecule has 18 heavy (non-hydrogen) atoms. The van der Waals surface area contributed by atoms with E-state index in [0.29, 0.717) is 22.2 Å². The first kappa shape index (κ1) is 10.7. The van der Waals surface area contributed by atoms with Crippen molar-refractivity contribution in [1.29, 1.82) is 0 Å². The number of aromatic nitrogens is 1. The monoisotopic (exact) mass is 239 g/mol. The Hall–Kier alpha value is -2.42. The predicted octanol–water partition coefficient (Wildman–Crippen LogP) is 3.79. The molecule has 88 valence electrons. The standard InChI is InChI=1S/C15H10FNO/c16-13-8-4-7-11-12(9-18)14(17-15(11)13)10-5-2-1-3-6-10/h1-9,17H. The molecule has 1 heterocycles. The highest BCUT2D eigenvalue weighted by Gasteiger charge is 2.14. The van der Waals surface area contributed by atoms with Gasteiger partial charge in [0.15, 0.2) is 6.29 Å². The summed E-state index contributed by atoms with van der Waals surface area (Å²) in [6, 6.07) is 14.1. The minimum atomic E-state index is -0.349. The van der Waals surface area contributed by atoms with Crippen LogP contribution >= 0.6 is 0 Å². The van der Waals surface area contributed by atoms with E-state index in [1.165, 1.54) is 6.07 Å². The number of para-hydroxylation sites is 1. The number of aldehydes is 1.